The smallest absolute Gasteiger partial charge is 0.276 e. The largest absolute Gasteiger partial charge is 0.454 e. The van der Waals surface area contributed by atoms with Gasteiger partial charge in [-0.05, 0) is 31.2 Å². The first-order valence-corrected chi connectivity index (χ1v) is 9.49. The lowest BCUT2D eigenvalue weighted by atomic mass is 10.1. The van der Waals surface area contributed by atoms with Gasteiger partial charge in [0.25, 0.3) is 15.6 Å². The number of aromatic nitrogens is 1. The summed E-state index contributed by atoms with van der Waals surface area (Å²) in [4.78, 5) is 17.1. The fourth-order valence-corrected chi connectivity index (χ4v) is 3.44. The van der Waals surface area contributed by atoms with Crippen molar-refractivity contribution in [3.8, 4) is 11.5 Å². The summed E-state index contributed by atoms with van der Waals surface area (Å²) < 4.78 is 35.0. The average Bonchev–Trinajstić information content (AvgIpc) is 3.08. The van der Waals surface area contributed by atoms with Crippen molar-refractivity contribution in [2.24, 2.45) is 5.10 Å². The zero-order chi connectivity index (χ0) is 19.0. The molecule has 0 radical (unpaired) electrons. The molecule has 2 aromatic carbocycles. The Hall–Kier alpha value is -3.33. The molecular formula is C18H15N3O5S. The van der Waals surface area contributed by atoms with E-state index in [0.717, 1.165) is 11.8 Å². The number of hydrazone groups is 1. The fourth-order valence-electron chi connectivity index (χ4n) is 2.64. The van der Waals surface area contributed by atoms with Crippen LogP contribution in [0, 0.1) is 6.92 Å². The van der Waals surface area contributed by atoms with Crippen molar-refractivity contribution in [3.63, 3.8) is 0 Å². The zero-order valence-electron chi connectivity index (χ0n) is 14.2. The molecule has 0 spiro atoms. The molecule has 2 heterocycles. The Morgan fingerprint density at radius 2 is 1.81 bits per heavy atom. The van der Waals surface area contributed by atoms with Crippen molar-refractivity contribution in [1.82, 2.24) is 9.82 Å². The molecule has 4 rings (SSSR count). The topological polar surface area (TPSA) is 110 Å². The second-order valence-electron chi connectivity index (χ2n) is 6.01. The molecule has 8 nitrogen and oxygen atoms in total. The van der Waals surface area contributed by atoms with Crippen molar-refractivity contribution in [2.75, 3.05) is 6.79 Å². The van der Waals surface area contributed by atoms with Crippen molar-refractivity contribution in [3.05, 3.63) is 63.9 Å². The number of aryl methyl sites for hydroxylation is 1. The third-order valence-corrected chi connectivity index (χ3v) is 5.31. The Bertz CT molecular complexity index is 1210. The van der Waals surface area contributed by atoms with Gasteiger partial charge in [0.2, 0.25) is 6.79 Å². The number of ether oxygens (including phenoxy) is 2. The molecule has 0 amide bonds. The number of sulfonamides is 1. The van der Waals surface area contributed by atoms with E-state index >= 15 is 0 Å². The Kier molecular flexibility index (Phi) is 4.08. The molecule has 0 unspecified atom stereocenters. The second kappa shape index (κ2) is 6.44. The maximum absolute atomic E-state index is 12.2. The maximum atomic E-state index is 12.2. The number of aromatic amines is 1. The van der Waals surface area contributed by atoms with Crippen LogP contribution in [-0.4, -0.2) is 26.4 Å². The first-order valence-electron chi connectivity index (χ1n) is 8.01. The van der Waals surface area contributed by atoms with Crippen molar-refractivity contribution >= 4 is 27.1 Å². The SMILES string of the molecule is Cc1ccc(S(=O)(=O)N/N=C\c2cc3cc4c(cc3[nH]c2=O)OCO4)cc1. The van der Waals surface area contributed by atoms with E-state index in [4.69, 9.17) is 9.47 Å². The van der Waals surface area contributed by atoms with E-state index < -0.39 is 15.6 Å². The molecule has 0 saturated heterocycles. The fraction of sp³-hybridized carbons (Fsp3) is 0.111. The predicted molar refractivity (Wildman–Crippen MR) is 99.8 cm³/mol. The highest BCUT2D eigenvalue weighted by molar-refractivity contribution is 7.89. The van der Waals surface area contributed by atoms with Gasteiger partial charge in [0.05, 0.1) is 22.2 Å². The lowest BCUT2D eigenvalue weighted by Crippen LogP contribution is -2.19. The molecule has 138 valence electrons. The average molecular weight is 385 g/mol. The van der Waals surface area contributed by atoms with Crippen LogP contribution in [0.15, 0.2) is 57.3 Å². The van der Waals surface area contributed by atoms with E-state index in [9.17, 15) is 13.2 Å². The van der Waals surface area contributed by atoms with Gasteiger partial charge in [-0.15, -0.1) is 0 Å². The van der Waals surface area contributed by atoms with E-state index in [1.54, 1.807) is 30.3 Å². The number of rotatable bonds is 4. The molecule has 1 aliphatic heterocycles. The molecule has 0 aliphatic carbocycles. The van der Waals surface area contributed by atoms with Gasteiger partial charge in [-0.25, -0.2) is 4.83 Å². The van der Waals surface area contributed by atoms with Gasteiger partial charge < -0.3 is 14.5 Å². The van der Waals surface area contributed by atoms with E-state index in [1.807, 2.05) is 6.92 Å². The Morgan fingerprint density at radius 3 is 2.56 bits per heavy atom. The quantitative estimate of drug-likeness (QED) is 0.526. The van der Waals surface area contributed by atoms with Gasteiger partial charge in [-0.1, -0.05) is 17.7 Å². The Morgan fingerprint density at radius 1 is 1.11 bits per heavy atom. The molecule has 3 aromatic rings. The number of hydrogen-bond acceptors (Lipinski definition) is 6. The van der Waals surface area contributed by atoms with Crippen LogP contribution < -0.4 is 19.9 Å². The van der Waals surface area contributed by atoms with Crippen LogP contribution in [0.25, 0.3) is 10.9 Å². The number of nitrogens with zero attached hydrogens (tertiary/aromatic N) is 1. The minimum absolute atomic E-state index is 0.0883. The lowest BCUT2D eigenvalue weighted by Gasteiger charge is -2.04. The maximum Gasteiger partial charge on any atom is 0.276 e. The number of hydrogen-bond donors (Lipinski definition) is 2. The number of benzene rings is 2. The minimum Gasteiger partial charge on any atom is -0.454 e. The van der Waals surface area contributed by atoms with Crippen molar-refractivity contribution < 1.29 is 17.9 Å². The molecule has 0 atom stereocenters. The molecule has 0 bridgehead atoms. The highest BCUT2D eigenvalue weighted by Gasteiger charge is 2.15. The summed E-state index contributed by atoms with van der Waals surface area (Å²) in [5.74, 6) is 1.14. The van der Waals surface area contributed by atoms with Gasteiger partial charge in [0.1, 0.15) is 0 Å². The van der Waals surface area contributed by atoms with Gasteiger partial charge in [0, 0.05) is 11.5 Å². The summed E-state index contributed by atoms with van der Waals surface area (Å²) in [6, 6.07) is 11.4. The monoisotopic (exact) mass is 385 g/mol. The van der Waals surface area contributed by atoms with Crippen LogP contribution in [0.4, 0.5) is 0 Å². The van der Waals surface area contributed by atoms with Crippen LogP contribution in [0.3, 0.4) is 0 Å². The van der Waals surface area contributed by atoms with Crippen LogP contribution in [-0.2, 0) is 10.0 Å². The number of H-pyrrole nitrogens is 1. The first kappa shape index (κ1) is 17.1. The summed E-state index contributed by atoms with van der Waals surface area (Å²) in [6.45, 7) is 1.99. The molecule has 27 heavy (non-hydrogen) atoms. The summed E-state index contributed by atoms with van der Waals surface area (Å²) in [5, 5.41) is 4.42. The number of pyridine rings is 1. The normalized spacial score (nSPS) is 13.4. The zero-order valence-corrected chi connectivity index (χ0v) is 15.0. The van der Waals surface area contributed by atoms with E-state index in [2.05, 4.69) is 14.9 Å². The summed E-state index contributed by atoms with van der Waals surface area (Å²) >= 11 is 0. The Labute approximate surface area is 154 Å². The highest BCUT2D eigenvalue weighted by Crippen LogP contribution is 2.35. The van der Waals surface area contributed by atoms with Crippen molar-refractivity contribution in [1.29, 1.82) is 0 Å². The summed E-state index contributed by atoms with van der Waals surface area (Å²) in [6.07, 6.45) is 1.16. The molecule has 1 aromatic heterocycles. The molecule has 0 saturated carbocycles. The van der Waals surface area contributed by atoms with E-state index in [-0.39, 0.29) is 17.3 Å². The number of nitrogens with one attached hydrogen (secondary N) is 2. The van der Waals surface area contributed by atoms with Gasteiger partial charge >= 0.3 is 0 Å². The molecule has 9 heteroatoms. The van der Waals surface area contributed by atoms with E-state index in [1.165, 1.54) is 12.1 Å². The first-order chi connectivity index (χ1) is 12.9. The third-order valence-electron chi connectivity index (χ3n) is 4.07. The predicted octanol–water partition coefficient (Wildman–Crippen LogP) is 1.88. The molecule has 2 N–H and O–H groups in total. The van der Waals surface area contributed by atoms with Crippen LogP contribution >= 0.6 is 0 Å². The Balaban J connectivity index is 1.61. The molecule has 0 fully saturated rings. The molecular weight excluding hydrogens is 370 g/mol. The number of fused-ring (bicyclic) bond motifs is 2. The molecule has 1 aliphatic rings. The standard InChI is InChI=1S/C18H15N3O5S/c1-11-2-4-14(5-3-11)27(23,24)21-19-9-13-6-12-7-16-17(26-10-25-16)8-15(12)20-18(13)22/h2-9,21H,10H2,1H3,(H,20,22)/b19-9-. The van der Waals surface area contributed by atoms with Gasteiger partial charge in [0.15, 0.2) is 11.5 Å². The third kappa shape index (κ3) is 3.36. The van der Waals surface area contributed by atoms with Gasteiger partial charge in [-0.3, -0.25) is 4.79 Å². The van der Waals surface area contributed by atoms with Crippen LogP contribution in [0.5, 0.6) is 11.5 Å². The van der Waals surface area contributed by atoms with E-state index in [0.29, 0.717) is 22.4 Å². The summed E-state index contributed by atoms with van der Waals surface area (Å²) in [5.41, 5.74) is 1.33. The minimum atomic E-state index is -3.81. The van der Waals surface area contributed by atoms with Crippen LogP contribution in [0.2, 0.25) is 0 Å². The van der Waals surface area contributed by atoms with Crippen LogP contribution in [0.1, 0.15) is 11.1 Å². The summed E-state index contributed by atoms with van der Waals surface area (Å²) in [7, 11) is -3.81. The lowest BCUT2D eigenvalue weighted by molar-refractivity contribution is 0.174. The van der Waals surface area contributed by atoms with Gasteiger partial charge in [-0.2, -0.15) is 13.5 Å². The second-order valence-corrected chi connectivity index (χ2v) is 7.67. The van der Waals surface area contributed by atoms with Crippen molar-refractivity contribution in [2.45, 2.75) is 11.8 Å². The highest BCUT2D eigenvalue weighted by atomic mass is 32.2.